The van der Waals surface area contributed by atoms with Gasteiger partial charge in [-0.2, -0.15) is 0 Å². The normalized spacial score (nSPS) is 19.6. The standard InChI is InChI=1S/C19H24O5/c1-12(2)13(3)9-10-23-19(21)15-11-17(20)24-18(15)14-7-5-6-8-16(14)22-4/h5-8,15,18H,9-11H2,1-4H3/t15-,18-/m1/s1. The SMILES string of the molecule is COc1ccccc1[C@H]1OC(=O)C[C@H]1C(=O)OCCC(C)=C(C)C. The molecule has 2 atom stereocenters. The van der Waals surface area contributed by atoms with Gasteiger partial charge in [0.2, 0.25) is 0 Å². The van der Waals surface area contributed by atoms with E-state index in [-0.39, 0.29) is 6.42 Å². The van der Waals surface area contributed by atoms with Gasteiger partial charge in [0.25, 0.3) is 0 Å². The number of methoxy groups -OCH3 is 1. The summed E-state index contributed by atoms with van der Waals surface area (Å²) in [5.41, 5.74) is 3.11. The number of rotatable bonds is 6. The zero-order chi connectivity index (χ0) is 17.7. The number of hydrogen-bond acceptors (Lipinski definition) is 5. The van der Waals surface area contributed by atoms with E-state index in [4.69, 9.17) is 14.2 Å². The topological polar surface area (TPSA) is 61.8 Å². The number of carbonyl (C=O) groups is 2. The first kappa shape index (κ1) is 18.0. The van der Waals surface area contributed by atoms with Crippen LogP contribution in [0.5, 0.6) is 5.75 Å². The summed E-state index contributed by atoms with van der Waals surface area (Å²) in [7, 11) is 1.55. The molecule has 0 radical (unpaired) electrons. The van der Waals surface area contributed by atoms with Crippen LogP contribution in [0.4, 0.5) is 0 Å². The lowest BCUT2D eigenvalue weighted by Crippen LogP contribution is -2.22. The van der Waals surface area contributed by atoms with Gasteiger partial charge in [0.1, 0.15) is 17.8 Å². The Morgan fingerprint density at radius 1 is 1.25 bits per heavy atom. The Balaban J connectivity index is 2.08. The van der Waals surface area contributed by atoms with Crippen molar-refractivity contribution in [2.75, 3.05) is 13.7 Å². The fraction of sp³-hybridized carbons (Fsp3) is 0.474. The molecule has 5 heteroatoms. The molecule has 2 rings (SSSR count). The van der Waals surface area contributed by atoms with Crippen molar-refractivity contribution in [2.24, 2.45) is 5.92 Å². The first-order valence-corrected chi connectivity index (χ1v) is 8.06. The first-order chi connectivity index (χ1) is 11.4. The lowest BCUT2D eigenvalue weighted by molar-refractivity contribution is -0.150. The Morgan fingerprint density at radius 2 is 1.96 bits per heavy atom. The van der Waals surface area contributed by atoms with E-state index in [1.807, 2.05) is 32.9 Å². The van der Waals surface area contributed by atoms with Crippen LogP contribution < -0.4 is 4.74 Å². The Morgan fingerprint density at radius 3 is 2.62 bits per heavy atom. The minimum absolute atomic E-state index is 0.0309. The molecule has 5 nitrogen and oxygen atoms in total. The number of ether oxygens (including phenoxy) is 3. The molecule has 0 bridgehead atoms. The van der Waals surface area contributed by atoms with Crippen LogP contribution in [0.15, 0.2) is 35.4 Å². The molecule has 0 saturated carbocycles. The molecule has 0 aliphatic carbocycles. The highest BCUT2D eigenvalue weighted by atomic mass is 16.6. The second-order valence-electron chi connectivity index (χ2n) is 6.16. The van der Waals surface area contributed by atoms with Crippen molar-refractivity contribution >= 4 is 11.9 Å². The van der Waals surface area contributed by atoms with E-state index >= 15 is 0 Å². The van der Waals surface area contributed by atoms with Crippen LogP contribution >= 0.6 is 0 Å². The third kappa shape index (κ3) is 4.16. The predicted octanol–water partition coefficient (Wildman–Crippen LogP) is 3.59. The first-order valence-electron chi connectivity index (χ1n) is 8.06. The third-order valence-electron chi connectivity index (χ3n) is 4.33. The minimum atomic E-state index is -0.661. The van der Waals surface area contributed by atoms with E-state index in [1.54, 1.807) is 19.2 Å². The van der Waals surface area contributed by atoms with Gasteiger partial charge >= 0.3 is 11.9 Å². The van der Waals surface area contributed by atoms with Crippen molar-refractivity contribution < 1.29 is 23.8 Å². The largest absolute Gasteiger partial charge is 0.496 e. The maximum atomic E-state index is 12.4. The molecule has 0 aromatic heterocycles. The van der Waals surface area contributed by atoms with E-state index < -0.39 is 24.0 Å². The quantitative estimate of drug-likeness (QED) is 0.588. The molecule has 1 aliphatic heterocycles. The Kier molecular flexibility index (Phi) is 6.01. The van der Waals surface area contributed by atoms with E-state index in [2.05, 4.69) is 0 Å². The number of carbonyl (C=O) groups excluding carboxylic acids is 2. The monoisotopic (exact) mass is 332 g/mol. The number of hydrogen-bond donors (Lipinski definition) is 0. The minimum Gasteiger partial charge on any atom is -0.496 e. The van der Waals surface area contributed by atoms with Crippen molar-refractivity contribution in [3.05, 3.63) is 41.0 Å². The number of esters is 2. The second kappa shape index (κ2) is 7.99. The fourth-order valence-corrected chi connectivity index (χ4v) is 2.61. The summed E-state index contributed by atoms with van der Waals surface area (Å²) in [6.45, 7) is 6.37. The van der Waals surface area contributed by atoms with Crippen molar-refractivity contribution in [1.82, 2.24) is 0 Å². The predicted molar refractivity (Wildman–Crippen MR) is 89.6 cm³/mol. The van der Waals surface area contributed by atoms with Crippen molar-refractivity contribution in [1.29, 1.82) is 0 Å². The molecule has 0 N–H and O–H groups in total. The molecule has 1 fully saturated rings. The summed E-state index contributed by atoms with van der Waals surface area (Å²) < 4.78 is 16.0. The Labute approximate surface area is 142 Å². The summed E-state index contributed by atoms with van der Waals surface area (Å²) >= 11 is 0. The molecule has 1 aliphatic rings. The molecule has 0 unspecified atom stereocenters. The number of benzene rings is 1. The molecular weight excluding hydrogens is 308 g/mol. The highest BCUT2D eigenvalue weighted by Gasteiger charge is 2.43. The van der Waals surface area contributed by atoms with Gasteiger partial charge in [-0.3, -0.25) is 9.59 Å². The maximum Gasteiger partial charge on any atom is 0.313 e. The molecule has 1 aromatic rings. The van der Waals surface area contributed by atoms with Gasteiger partial charge in [-0.25, -0.2) is 0 Å². The van der Waals surface area contributed by atoms with Crippen molar-refractivity contribution in [3.8, 4) is 5.75 Å². The molecule has 130 valence electrons. The molecule has 0 amide bonds. The van der Waals surface area contributed by atoms with Gasteiger partial charge in [-0.15, -0.1) is 0 Å². The summed E-state index contributed by atoms with van der Waals surface area (Å²) in [5.74, 6) is -0.845. The smallest absolute Gasteiger partial charge is 0.313 e. The third-order valence-corrected chi connectivity index (χ3v) is 4.33. The van der Waals surface area contributed by atoms with E-state index in [1.165, 1.54) is 11.1 Å². The highest BCUT2D eigenvalue weighted by molar-refractivity contribution is 5.84. The van der Waals surface area contributed by atoms with Gasteiger partial charge in [0.15, 0.2) is 0 Å². The van der Waals surface area contributed by atoms with Gasteiger partial charge in [-0.1, -0.05) is 29.3 Å². The number of para-hydroxylation sites is 1. The van der Waals surface area contributed by atoms with Gasteiger partial charge < -0.3 is 14.2 Å². The second-order valence-corrected chi connectivity index (χ2v) is 6.16. The van der Waals surface area contributed by atoms with Crippen LogP contribution in [0.1, 0.15) is 45.3 Å². The van der Waals surface area contributed by atoms with Crippen LogP contribution in [0.3, 0.4) is 0 Å². The van der Waals surface area contributed by atoms with E-state index in [9.17, 15) is 9.59 Å². The van der Waals surface area contributed by atoms with Crippen LogP contribution in [-0.4, -0.2) is 25.7 Å². The van der Waals surface area contributed by atoms with E-state index in [0.29, 0.717) is 24.3 Å². The summed E-state index contributed by atoms with van der Waals surface area (Å²) in [6.07, 6.45) is 0.0589. The zero-order valence-corrected chi connectivity index (χ0v) is 14.6. The molecular formula is C19H24O5. The highest BCUT2D eigenvalue weighted by Crippen LogP contribution is 2.40. The Hall–Kier alpha value is -2.30. The van der Waals surface area contributed by atoms with E-state index in [0.717, 1.165) is 0 Å². The molecule has 0 spiro atoms. The maximum absolute atomic E-state index is 12.4. The summed E-state index contributed by atoms with van der Waals surface area (Å²) in [6, 6.07) is 7.23. The Bertz CT molecular complexity index is 643. The average molecular weight is 332 g/mol. The summed E-state index contributed by atoms with van der Waals surface area (Å²) in [5, 5.41) is 0. The number of allylic oxidation sites excluding steroid dienone is 1. The lowest BCUT2D eigenvalue weighted by atomic mass is 9.94. The van der Waals surface area contributed by atoms with Crippen molar-refractivity contribution in [3.63, 3.8) is 0 Å². The van der Waals surface area contributed by atoms with Gasteiger partial charge in [-0.05, 0) is 26.8 Å². The zero-order valence-electron chi connectivity index (χ0n) is 14.6. The van der Waals surface area contributed by atoms with Crippen LogP contribution in [0, 0.1) is 5.92 Å². The molecule has 1 heterocycles. The van der Waals surface area contributed by atoms with Gasteiger partial charge in [0, 0.05) is 12.0 Å². The van der Waals surface area contributed by atoms with Crippen LogP contribution in [-0.2, 0) is 19.1 Å². The van der Waals surface area contributed by atoms with Gasteiger partial charge in [0.05, 0.1) is 20.1 Å². The number of cyclic esters (lactones) is 1. The molecule has 24 heavy (non-hydrogen) atoms. The summed E-state index contributed by atoms with van der Waals surface area (Å²) in [4.78, 5) is 24.1. The fourth-order valence-electron chi connectivity index (χ4n) is 2.61. The van der Waals surface area contributed by atoms with Crippen molar-refractivity contribution in [2.45, 2.75) is 39.7 Å². The van der Waals surface area contributed by atoms with Crippen LogP contribution in [0.25, 0.3) is 0 Å². The lowest BCUT2D eigenvalue weighted by Gasteiger charge is -2.19. The molecule has 1 saturated heterocycles. The molecule has 1 aromatic carbocycles. The van der Waals surface area contributed by atoms with Crippen LogP contribution in [0.2, 0.25) is 0 Å². The average Bonchev–Trinajstić information content (AvgIpc) is 2.96.